The number of benzene rings is 1. The molecule has 36 heavy (non-hydrogen) atoms. The van der Waals surface area contributed by atoms with Gasteiger partial charge in [-0.2, -0.15) is 8.42 Å². The Hall–Kier alpha value is 0.01000. The number of halogens is 2. The Balaban J connectivity index is 0.000000297. The van der Waals surface area contributed by atoms with Crippen LogP contribution in [0, 0.1) is 40.4 Å². The Labute approximate surface area is 236 Å². The molecule has 0 aromatic heterocycles. The third kappa shape index (κ3) is 6.09. The van der Waals surface area contributed by atoms with Crippen molar-refractivity contribution in [2.45, 2.75) is 78.5 Å². The van der Waals surface area contributed by atoms with Gasteiger partial charge in [0, 0.05) is 23.9 Å². The van der Waals surface area contributed by atoms with Crippen molar-refractivity contribution in [1.29, 1.82) is 0 Å². The zero-order chi connectivity index (χ0) is 27.4. The van der Waals surface area contributed by atoms with Gasteiger partial charge in [-0.3, -0.25) is 4.18 Å². The van der Waals surface area contributed by atoms with Crippen molar-refractivity contribution in [3.63, 3.8) is 0 Å². The van der Waals surface area contributed by atoms with Crippen LogP contribution in [0.3, 0.4) is 0 Å². The lowest BCUT2D eigenvalue weighted by atomic mass is 9.64. The smallest absolute Gasteiger partial charge is 0.296 e. The molecule has 5 nitrogen and oxygen atoms in total. The van der Waals surface area contributed by atoms with Crippen LogP contribution in [-0.4, -0.2) is 49.1 Å². The molecule has 6 atom stereocenters. The van der Waals surface area contributed by atoms with E-state index in [4.69, 9.17) is 4.18 Å². The number of hydrogen-bond acceptors (Lipinski definition) is 5. The van der Waals surface area contributed by atoms with Gasteiger partial charge >= 0.3 is 0 Å². The predicted molar refractivity (Wildman–Crippen MR) is 154 cm³/mol. The second-order valence-corrected chi connectivity index (χ2v) is 14.7. The minimum atomic E-state index is -3.68. The average Bonchev–Trinajstić information content (AvgIpc) is 3.29. The molecule has 3 rings (SSSR count). The molecule has 0 bridgehead atoms. The average molecular weight is 655 g/mol. The fourth-order valence-corrected chi connectivity index (χ4v) is 9.28. The normalized spacial score (nSPS) is 36.5. The molecule has 2 fully saturated rings. The maximum atomic E-state index is 12.4. The van der Waals surface area contributed by atoms with E-state index in [0.29, 0.717) is 5.92 Å². The monoisotopic (exact) mass is 652 g/mol. The molecule has 2 aliphatic carbocycles. The van der Waals surface area contributed by atoms with Crippen LogP contribution in [0.1, 0.15) is 72.3 Å². The van der Waals surface area contributed by atoms with Gasteiger partial charge < -0.3 is 10.2 Å². The molecule has 1 aromatic rings. The van der Waals surface area contributed by atoms with E-state index in [0.717, 1.165) is 48.3 Å². The first-order chi connectivity index (χ1) is 16.7. The van der Waals surface area contributed by atoms with Crippen molar-refractivity contribution in [3.05, 3.63) is 29.8 Å². The maximum absolute atomic E-state index is 12.4. The number of alkyl halides is 2. The fourth-order valence-electron chi connectivity index (χ4n) is 6.07. The molecule has 0 heterocycles. The number of hydrogen-bond donors (Lipinski definition) is 2. The molecule has 0 radical (unpaired) electrons. The first-order valence-electron chi connectivity index (χ1n) is 13.0. The summed E-state index contributed by atoms with van der Waals surface area (Å²) in [5.41, 5.74) is 1.29. The summed E-state index contributed by atoms with van der Waals surface area (Å²) in [7, 11) is -3.68. The van der Waals surface area contributed by atoms with Crippen molar-refractivity contribution < 1.29 is 22.8 Å². The Morgan fingerprint density at radius 1 is 0.917 bits per heavy atom. The summed E-state index contributed by atoms with van der Waals surface area (Å²) in [6, 6.07) is 6.81. The third-order valence-electron chi connectivity index (χ3n) is 10.3. The maximum Gasteiger partial charge on any atom is 0.296 e. The van der Waals surface area contributed by atoms with Gasteiger partial charge in [0.2, 0.25) is 0 Å². The van der Waals surface area contributed by atoms with E-state index in [9.17, 15) is 18.6 Å². The summed E-state index contributed by atoms with van der Waals surface area (Å²) in [6.07, 6.45) is 5.25. The van der Waals surface area contributed by atoms with E-state index < -0.39 is 10.1 Å². The Kier molecular flexibility index (Phi) is 11.2. The number of rotatable bonds is 9. The molecule has 2 N–H and O–H groups in total. The van der Waals surface area contributed by atoms with Gasteiger partial charge in [0.1, 0.15) is 0 Å². The first-order valence-corrected chi connectivity index (χ1v) is 16.7. The molecular formula is C28H46Br2O5S. The molecule has 0 amide bonds. The van der Waals surface area contributed by atoms with Crippen LogP contribution in [-0.2, 0) is 14.3 Å². The molecule has 0 spiro atoms. The Bertz CT molecular complexity index is 955. The standard InChI is InChI=1S/C18H27BrO3S.C10H19BrO2/c1-5-17(3)11-10-15(18(17,4)13-19)12-22-23(20,21)16-8-6-14(2)7-9-16;1-9(7-13)4-3-8(5-12)10(9,2)6-11/h6-9,15H,5,10-13H2,1-4H3;8,12-13H,3-7H2,1-2H3. The van der Waals surface area contributed by atoms with E-state index in [1.165, 1.54) is 0 Å². The molecular weight excluding hydrogens is 608 g/mol. The van der Waals surface area contributed by atoms with Gasteiger partial charge in [-0.25, -0.2) is 0 Å². The Morgan fingerprint density at radius 2 is 1.42 bits per heavy atom. The fraction of sp³-hybridized carbons (Fsp3) is 0.786. The van der Waals surface area contributed by atoms with E-state index in [1.54, 1.807) is 24.3 Å². The molecule has 6 unspecified atom stereocenters. The number of aliphatic hydroxyl groups excluding tert-OH is 2. The second kappa shape index (κ2) is 12.5. The highest BCUT2D eigenvalue weighted by Crippen LogP contribution is 2.59. The largest absolute Gasteiger partial charge is 0.396 e. The van der Waals surface area contributed by atoms with Crippen molar-refractivity contribution in [2.24, 2.45) is 33.5 Å². The minimum absolute atomic E-state index is 0.0243. The lowest BCUT2D eigenvalue weighted by Crippen LogP contribution is -2.42. The van der Waals surface area contributed by atoms with Crippen LogP contribution in [0.4, 0.5) is 0 Å². The molecule has 0 saturated heterocycles. The van der Waals surface area contributed by atoms with E-state index in [2.05, 4.69) is 66.5 Å². The van der Waals surface area contributed by atoms with E-state index in [1.807, 2.05) is 6.92 Å². The molecule has 8 heteroatoms. The molecule has 1 aromatic carbocycles. The van der Waals surface area contributed by atoms with Crippen LogP contribution >= 0.6 is 31.9 Å². The summed E-state index contributed by atoms with van der Waals surface area (Å²) in [5, 5.41) is 20.4. The topological polar surface area (TPSA) is 83.8 Å². The van der Waals surface area contributed by atoms with Gasteiger partial charge in [0.05, 0.1) is 11.5 Å². The van der Waals surface area contributed by atoms with Crippen LogP contribution < -0.4 is 0 Å². The minimum Gasteiger partial charge on any atom is -0.396 e. The van der Waals surface area contributed by atoms with Crippen LogP contribution in [0.2, 0.25) is 0 Å². The predicted octanol–water partition coefficient (Wildman–Crippen LogP) is 6.72. The highest BCUT2D eigenvalue weighted by atomic mass is 79.9. The SMILES string of the molecule is CC1(CO)CCC(CO)C1(C)CBr.CCC1(C)CCC(COS(=O)(=O)c2ccc(C)cc2)C1(C)CBr. The zero-order valence-corrected chi connectivity index (χ0v) is 26.8. The van der Waals surface area contributed by atoms with Crippen LogP contribution in [0.5, 0.6) is 0 Å². The van der Waals surface area contributed by atoms with Crippen LogP contribution in [0.25, 0.3) is 0 Å². The van der Waals surface area contributed by atoms with Gasteiger partial charge in [-0.05, 0) is 78.2 Å². The van der Waals surface area contributed by atoms with E-state index in [-0.39, 0.29) is 52.3 Å². The summed E-state index contributed by atoms with van der Waals surface area (Å²) < 4.78 is 30.2. The van der Waals surface area contributed by atoms with Crippen molar-refractivity contribution in [3.8, 4) is 0 Å². The van der Waals surface area contributed by atoms with Gasteiger partial charge in [0.15, 0.2) is 0 Å². The lowest BCUT2D eigenvalue weighted by Gasteiger charge is -2.43. The molecule has 2 aliphatic rings. The summed E-state index contributed by atoms with van der Waals surface area (Å²) in [6.45, 7) is 13.7. The zero-order valence-electron chi connectivity index (χ0n) is 22.8. The first kappa shape index (κ1) is 32.2. The highest BCUT2D eigenvalue weighted by Gasteiger charge is 2.54. The summed E-state index contributed by atoms with van der Waals surface area (Å²) >= 11 is 7.17. The number of aryl methyl sites for hydroxylation is 1. The summed E-state index contributed by atoms with van der Waals surface area (Å²) in [5.74, 6) is 0.566. The molecule has 2 saturated carbocycles. The lowest BCUT2D eigenvalue weighted by molar-refractivity contribution is 0.0149. The second-order valence-electron chi connectivity index (χ2n) is 11.9. The summed E-state index contributed by atoms with van der Waals surface area (Å²) in [4.78, 5) is 0.236. The van der Waals surface area contributed by atoms with Crippen molar-refractivity contribution >= 4 is 42.0 Å². The van der Waals surface area contributed by atoms with Crippen molar-refractivity contribution in [1.82, 2.24) is 0 Å². The quantitative estimate of drug-likeness (QED) is 0.228. The van der Waals surface area contributed by atoms with Gasteiger partial charge in [0.25, 0.3) is 10.1 Å². The Morgan fingerprint density at radius 3 is 1.89 bits per heavy atom. The van der Waals surface area contributed by atoms with Gasteiger partial charge in [-0.1, -0.05) is 90.6 Å². The highest BCUT2D eigenvalue weighted by molar-refractivity contribution is 9.09. The van der Waals surface area contributed by atoms with Gasteiger partial charge in [-0.15, -0.1) is 0 Å². The van der Waals surface area contributed by atoms with E-state index >= 15 is 0 Å². The van der Waals surface area contributed by atoms with Crippen LogP contribution in [0.15, 0.2) is 29.2 Å². The number of aliphatic hydroxyl groups is 2. The molecule has 0 aliphatic heterocycles. The molecule has 208 valence electrons. The third-order valence-corrected chi connectivity index (χ3v) is 13.9. The van der Waals surface area contributed by atoms with Crippen molar-refractivity contribution in [2.75, 3.05) is 30.5 Å².